The number of hydrogen-bond donors (Lipinski definition) is 1. The highest BCUT2D eigenvalue weighted by Gasteiger charge is 2.32. The van der Waals surface area contributed by atoms with E-state index in [9.17, 15) is 9.59 Å². The number of carbonyl (C=O) groups is 2. The Kier molecular flexibility index (Phi) is 5.75. The van der Waals surface area contributed by atoms with Gasteiger partial charge in [0.2, 0.25) is 11.8 Å². The van der Waals surface area contributed by atoms with Gasteiger partial charge in [0.15, 0.2) is 0 Å². The first-order valence-corrected chi connectivity index (χ1v) is 10.5. The summed E-state index contributed by atoms with van der Waals surface area (Å²) in [6.45, 7) is 0.783. The minimum absolute atomic E-state index is 0.0134. The van der Waals surface area contributed by atoms with Gasteiger partial charge in [-0.2, -0.15) is 0 Å². The molecular formula is C24H28N2O2. The first-order chi connectivity index (χ1) is 13.7. The predicted molar refractivity (Wildman–Crippen MR) is 112 cm³/mol. The first kappa shape index (κ1) is 18.7. The maximum atomic E-state index is 13.0. The SMILES string of the molecule is O=C(Nc1ccc(N2CCCCC2=O)cc1)C1CCCCC1c1ccccc1. The van der Waals surface area contributed by atoms with E-state index in [1.165, 1.54) is 12.0 Å². The zero-order valence-electron chi connectivity index (χ0n) is 16.3. The van der Waals surface area contributed by atoms with Gasteiger partial charge in [-0.3, -0.25) is 9.59 Å². The molecule has 2 fully saturated rings. The van der Waals surface area contributed by atoms with Crippen LogP contribution >= 0.6 is 0 Å². The molecule has 0 aromatic heterocycles. The van der Waals surface area contributed by atoms with Gasteiger partial charge in [0, 0.05) is 30.3 Å². The summed E-state index contributed by atoms with van der Waals surface area (Å²) in [5.41, 5.74) is 2.99. The van der Waals surface area contributed by atoms with Crippen molar-refractivity contribution in [1.29, 1.82) is 0 Å². The number of piperidine rings is 1. The lowest BCUT2D eigenvalue weighted by Gasteiger charge is -2.31. The summed E-state index contributed by atoms with van der Waals surface area (Å²) in [4.78, 5) is 27.0. The van der Waals surface area contributed by atoms with Gasteiger partial charge in [0.05, 0.1) is 0 Å². The van der Waals surface area contributed by atoms with Crippen LogP contribution < -0.4 is 10.2 Å². The molecule has 0 bridgehead atoms. The maximum Gasteiger partial charge on any atom is 0.228 e. The monoisotopic (exact) mass is 376 g/mol. The number of rotatable bonds is 4. The lowest BCUT2D eigenvalue weighted by atomic mass is 9.75. The molecule has 2 aromatic rings. The molecule has 0 radical (unpaired) electrons. The third-order valence-electron chi connectivity index (χ3n) is 6.10. The number of amides is 2. The molecule has 1 aliphatic heterocycles. The fourth-order valence-electron chi connectivity index (χ4n) is 4.58. The molecule has 28 heavy (non-hydrogen) atoms. The van der Waals surface area contributed by atoms with Crippen LogP contribution in [0.15, 0.2) is 54.6 Å². The molecule has 4 heteroatoms. The smallest absolute Gasteiger partial charge is 0.228 e. The van der Waals surface area contributed by atoms with E-state index in [0.717, 1.165) is 50.0 Å². The molecule has 1 heterocycles. The van der Waals surface area contributed by atoms with E-state index in [0.29, 0.717) is 12.3 Å². The number of carbonyl (C=O) groups excluding carboxylic acids is 2. The highest BCUT2D eigenvalue weighted by Crippen LogP contribution is 2.38. The molecule has 2 aromatic carbocycles. The fraction of sp³-hybridized carbons (Fsp3) is 0.417. The maximum absolute atomic E-state index is 13.0. The average Bonchev–Trinajstić information content (AvgIpc) is 2.75. The van der Waals surface area contributed by atoms with Crippen molar-refractivity contribution in [3.63, 3.8) is 0 Å². The van der Waals surface area contributed by atoms with E-state index >= 15 is 0 Å². The lowest BCUT2D eigenvalue weighted by molar-refractivity contribution is -0.121. The summed E-state index contributed by atoms with van der Waals surface area (Å²) >= 11 is 0. The third-order valence-corrected chi connectivity index (χ3v) is 6.10. The Morgan fingerprint density at radius 3 is 2.39 bits per heavy atom. The van der Waals surface area contributed by atoms with Crippen molar-refractivity contribution in [2.45, 2.75) is 50.9 Å². The standard InChI is InChI=1S/C24H28N2O2/c27-23-12-6-7-17-26(23)20-15-13-19(14-16-20)25-24(28)22-11-5-4-10-21(22)18-8-2-1-3-9-18/h1-3,8-9,13-16,21-22H,4-7,10-12,17H2,(H,25,28). The molecule has 4 rings (SSSR count). The van der Waals surface area contributed by atoms with Crippen molar-refractivity contribution in [3.05, 3.63) is 60.2 Å². The number of nitrogens with one attached hydrogen (secondary N) is 1. The number of hydrogen-bond acceptors (Lipinski definition) is 2. The number of anilines is 2. The summed E-state index contributed by atoms with van der Waals surface area (Å²) in [6, 6.07) is 18.1. The molecule has 1 saturated heterocycles. The molecule has 2 atom stereocenters. The van der Waals surface area contributed by atoms with Gasteiger partial charge in [-0.25, -0.2) is 0 Å². The second-order valence-electron chi connectivity index (χ2n) is 7.95. The van der Waals surface area contributed by atoms with Crippen molar-refractivity contribution >= 4 is 23.2 Å². The van der Waals surface area contributed by atoms with E-state index in [4.69, 9.17) is 0 Å². The predicted octanol–water partition coefficient (Wildman–Crippen LogP) is 5.12. The summed E-state index contributed by atoms with van der Waals surface area (Å²) in [5.74, 6) is 0.603. The van der Waals surface area contributed by atoms with E-state index in [-0.39, 0.29) is 17.7 Å². The van der Waals surface area contributed by atoms with Crippen LogP contribution in [0, 0.1) is 5.92 Å². The normalized spacial score (nSPS) is 22.7. The Labute approximate surface area is 166 Å². The van der Waals surface area contributed by atoms with Crippen LogP contribution in [-0.4, -0.2) is 18.4 Å². The van der Waals surface area contributed by atoms with E-state index < -0.39 is 0 Å². The molecule has 1 saturated carbocycles. The van der Waals surface area contributed by atoms with Gasteiger partial charge in [-0.05, 0) is 61.4 Å². The quantitative estimate of drug-likeness (QED) is 0.805. The Morgan fingerprint density at radius 1 is 0.893 bits per heavy atom. The first-order valence-electron chi connectivity index (χ1n) is 10.5. The van der Waals surface area contributed by atoms with Crippen LogP contribution in [0.5, 0.6) is 0 Å². The Bertz CT molecular complexity index is 816. The second kappa shape index (κ2) is 8.59. The number of benzene rings is 2. The summed E-state index contributed by atoms with van der Waals surface area (Å²) in [6.07, 6.45) is 6.95. The minimum atomic E-state index is 0.0134. The zero-order chi connectivity index (χ0) is 19.3. The second-order valence-corrected chi connectivity index (χ2v) is 7.95. The van der Waals surface area contributed by atoms with E-state index in [1.54, 1.807) is 0 Å². The molecule has 4 nitrogen and oxygen atoms in total. The lowest BCUT2D eigenvalue weighted by Crippen LogP contribution is -2.35. The summed E-state index contributed by atoms with van der Waals surface area (Å²) in [7, 11) is 0. The van der Waals surface area contributed by atoms with Crippen LogP contribution in [-0.2, 0) is 9.59 Å². The van der Waals surface area contributed by atoms with Crippen molar-refractivity contribution in [1.82, 2.24) is 0 Å². The fourth-order valence-corrected chi connectivity index (χ4v) is 4.58. The average molecular weight is 377 g/mol. The summed E-state index contributed by atoms with van der Waals surface area (Å²) in [5, 5.41) is 3.11. The zero-order valence-corrected chi connectivity index (χ0v) is 16.3. The third kappa shape index (κ3) is 4.11. The van der Waals surface area contributed by atoms with Crippen molar-refractivity contribution < 1.29 is 9.59 Å². The molecular weight excluding hydrogens is 348 g/mol. The van der Waals surface area contributed by atoms with Gasteiger partial charge >= 0.3 is 0 Å². The van der Waals surface area contributed by atoms with Gasteiger partial charge in [-0.1, -0.05) is 43.2 Å². The minimum Gasteiger partial charge on any atom is -0.326 e. The Balaban J connectivity index is 1.44. The van der Waals surface area contributed by atoms with Crippen molar-refractivity contribution in [2.75, 3.05) is 16.8 Å². The van der Waals surface area contributed by atoms with Crippen LogP contribution in [0.1, 0.15) is 56.4 Å². The van der Waals surface area contributed by atoms with E-state index in [2.05, 4.69) is 29.6 Å². The van der Waals surface area contributed by atoms with Crippen LogP contribution in [0.4, 0.5) is 11.4 Å². The molecule has 0 spiro atoms. The molecule has 146 valence electrons. The Morgan fingerprint density at radius 2 is 1.64 bits per heavy atom. The van der Waals surface area contributed by atoms with Crippen LogP contribution in [0.2, 0.25) is 0 Å². The molecule has 1 aliphatic carbocycles. The highest BCUT2D eigenvalue weighted by atomic mass is 16.2. The van der Waals surface area contributed by atoms with Gasteiger partial charge in [0.1, 0.15) is 0 Å². The van der Waals surface area contributed by atoms with Crippen LogP contribution in [0.25, 0.3) is 0 Å². The van der Waals surface area contributed by atoms with Gasteiger partial charge in [0.25, 0.3) is 0 Å². The van der Waals surface area contributed by atoms with Crippen molar-refractivity contribution in [3.8, 4) is 0 Å². The number of nitrogens with zero attached hydrogens (tertiary/aromatic N) is 1. The molecule has 2 aliphatic rings. The summed E-state index contributed by atoms with van der Waals surface area (Å²) < 4.78 is 0. The van der Waals surface area contributed by atoms with Gasteiger partial charge < -0.3 is 10.2 Å². The van der Waals surface area contributed by atoms with Crippen LogP contribution in [0.3, 0.4) is 0 Å². The molecule has 1 N–H and O–H groups in total. The van der Waals surface area contributed by atoms with E-state index in [1.807, 2.05) is 35.2 Å². The van der Waals surface area contributed by atoms with Gasteiger partial charge in [-0.15, -0.1) is 0 Å². The molecule has 2 amide bonds. The Hall–Kier alpha value is -2.62. The topological polar surface area (TPSA) is 49.4 Å². The molecule has 2 unspecified atom stereocenters. The largest absolute Gasteiger partial charge is 0.326 e. The highest BCUT2D eigenvalue weighted by molar-refractivity contribution is 5.95. The van der Waals surface area contributed by atoms with Crippen molar-refractivity contribution in [2.24, 2.45) is 5.92 Å².